The molecule has 1 N–H and O–H groups in total. The minimum atomic E-state index is -0.209. The molecule has 1 atom stereocenters. The zero-order chi connectivity index (χ0) is 14.2. The molecule has 0 heterocycles. The summed E-state index contributed by atoms with van der Waals surface area (Å²) in [6, 6.07) is 20.1. The number of nitrogens with one attached hydrogen (secondary N) is 1. The predicted molar refractivity (Wildman–Crippen MR) is 79.1 cm³/mol. The Morgan fingerprint density at radius 3 is 2.25 bits per heavy atom. The van der Waals surface area contributed by atoms with Gasteiger partial charge in [0.05, 0.1) is 13.5 Å². The Labute approximate surface area is 119 Å². The zero-order valence-corrected chi connectivity index (χ0v) is 11.6. The number of hydrogen-bond acceptors (Lipinski definition) is 3. The average molecular weight is 269 g/mol. The predicted octanol–water partition coefficient (Wildman–Crippen LogP) is 3.08. The van der Waals surface area contributed by atoms with E-state index in [1.54, 1.807) is 0 Å². The molecular formula is C17H19NO2. The molecule has 0 aliphatic heterocycles. The second kappa shape index (κ2) is 7.46. The fourth-order valence-corrected chi connectivity index (χ4v) is 2.08. The maximum Gasteiger partial charge on any atom is 0.307 e. The van der Waals surface area contributed by atoms with Crippen LogP contribution in [-0.2, 0) is 16.1 Å². The standard InChI is InChI=1S/C17H19NO2/c1-20-17(19)12-16(15-10-6-3-7-11-15)18-13-14-8-4-2-5-9-14/h2-11,16,18H,12-13H2,1H3. The first-order valence-corrected chi connectivity index (χ1v) is 6.68. The van der Waals surface area contributed by atoms with Crippen molar-refractivity contribution in [3.05, 3.63) is 71.8 Å². The largest absolute Gasteiger partial charge is 0.469 e. The van der Waals surface area contributed by atoms with E-state index in [1.807, 2.05) is 48.5 Å². The van der Waals surface area contributed by atoms with Gasteiger partial charge < -0.3 is 10.1 Å². The summed E-state index contributed by atoms with van der Waals surface area (Å²) in [4.78, 5) is 11.5. The van der Waals surface area contributed by atoms with Crippen LogP contribution in [0.25, 0.3) is 0 Å². The maximum absolute atomic E-state index is 11.5. The van der Waals surface area contributed by atoms with Crippen molar-refractivity contribution < 1.29 is 9.53 Å². The lowest BCUT2D eigenvalue weighted by atomic mass is 10.0. The normalized spacial score (nSPS) is 11.8. The fourth-order valence-electron chi connectivity index (χ4n) is 2.08. The molecule has 0 radical (unpaired) electrons. The van der Waals surface area contributed by atoms with Crippen LogP contribution in [0, 0.1) is 0 Å². The summed E-state index contributed by atoms with van der Waals surface area (Å²) in [5.74, 6) is -0.209. The van der Waals surface area contributed by atoms with E-state index >= 15 is 0 Å². The van der Waals surface area contributed by atoms with Crippen LogP contribution in [0.4, 0.5) is 0 Å². The Morgan fingerprint density at radius 1 is 1.05 bits per heavy atom. The summed E-state index contributed by atoms with van der Waals surface area (Å²) >= 11 is 0. The Balaban J connectivity index is 2.05. The van der Waals surface area contributed by atoms with Crippen molar-refractivity contribution in [1.29, 1.82) is 0 Å². The molecule has 0 aliphatic carbocycles. The summed E-state index contributed by atoms with van der Waals surface area (Å²) in [5, 5.41) is 3.42. The number of carbonyl (C=O) groups is 1. The molecule has 104 valence electrons. The average Bonchev–Trinajstić information content (AvgIpc) is 2.53. The van der Waals surface area contributed by atoms with Gasteiger partial charge in [0.1, 0.15) is 0 Å². The van der Waals surface area contributed by atoms with E-state index < -0.39 is 0 Å². The van der Waals surface area contributed by atoms with E-state index in [1.165, 1.54) is 12.7 Å². The van der Waals surface area contributed by atoms with Crippen molar-refractivity contribution in [3.8, 4) is 0 Å². The summed E-state index contributed by atoms with van der Waals surface area (Å²) in [7, 11) is 1.42. The van der Waals surface area contributed by atoms with E-state index in [-0.39, 0.29) is 12.0 Å². The third-order valence-corrected chi connectivity index (χ3v) is 3.20. The van der Waals surface area contributed by atoms with Crippen LogP contribution >= 0.6 is 0 Å². The smallest absolute Gasteiger partial charge is 0.307 e. The molecule has 20 heavy (non-hydrogen) atoms. The summed E-state index contributed by atoms with van der Waals surface area (Å²) in [6.45, 7) is 0.720. The van der Waals surface area contributed by atoms with E-state index in [9.17, 15) is 4.79 Å². The first-order valence-electron chi connectivity index (χ1n) is 6.68. The molecule has 2 aromatic carbocycles. The molecule has 0 aromatic heterocycles. The third kappa shape index (κ3) is 4.21. The number of carbonyl (C=O) groups excluding carboxylic acids is 1. The van der Waals surface area contributed by atoms with E-state index in [0.717, 1.165) is 12.1 Å². The molecule has 0 aliphatic rings. The number of benzene rings is 2. The van der Waals surface area contributed by atoms with E-state index in [2.05, 4.69) is 17.4 Å². The lowest BCUT2D eigenvalue weighted by Gasteiger charge is -2.18. The lowest BCUT2D eigenvalue weighted by molar-refractivity contribution is -0.141. The van der Waals surface area contributed by atoms with Crippen LogP contribution in [0.1, 0.15) is 23.6 Å². The van der Waals surface area contributed by atoms with Crippen LogP contribution < -0.4 is 5.32 Å². The van der Waals surface area contributed by atoms with Gasteiger partial charge in [0.2, 0.25) is 0 Å². The number of ether oxygens (including phenoxy) is 1. The highest BCUT2D eigenvalue weighted by Gasteiger charge is 2.15. The van der Waals surface area contributed by atoms with Crippen LogP contribution in [-0.4, -0.2) is 13.1 Å². The maximum atomic E-state index is 11.5. The van der Waals surface area contributed by atoms with Crippen molar-refractivity contribution in [3.63, 3.8) is 0 Å². The molecule has 0 amide bonds. The molecule has 2 rings (SSSR count). The van der Waals surface area contributed by atoms with Crippen molar-refractivity contribution in [2.75, 3.05) is 7.11 Å². The first kappa shape index (κ1) is 14.3. The highest BCUT2D eigenvalue weighted by molar-refractivity contribution is 5.70. The van der Waals surface area contributed by atoms with Crippen LogP contribution in [0.2, 0.25) is 0 Å². The highest BCUT2D eigenvalue weighted by Crippen LogP contribution is 2.17. The van der Waals surface area contributed by atoms with Crippen LogP contribution in [0.5, 0.6) is 0 Å². The molecule has 0 fully saturated rings. The summed E-state index contributed by atoms with van der Waals surface area (Å²) < 4.78 is 4.78. The van der Waals surface area contributed by atoms with Gasteiger partial charge in [-0.1, -0.05) is 60.7 Å². The van der Waals surface area contributed by atoms with E-state index in [0.29, 0.717) is 6.42 Å². The molecule has 0 saturated heterocycles. The van der Waals surface area contributed by atoms with Gasteiger partial charge in [0.15, 0.2) is 0 Å². The number of rotatable bonds is 6. The van der Waals surface area contributed by atoms with Gasteiger partial charge in [-0.15, -0.1) is 0 Å². The monoisotopic (exact) mass is 269 g/mol. The number of hydrogen-bond donors (Lipinski definition) is 1. The molecule has 0 bridgehead atoms. The topological polar surface area (TPSA) is 38.3 Å². The van der Waals surface area contributed by atoms with Gasteiger partial charge in [0, 0.05) is 12.6 Å². The Hall–Kier alpha value is -2.13. The molecule has 1 unspecified atom stereocenters. The Morgan fingerprint density at radius 2 is 1.65 bits per heavy atom. The fraction of sp³-hybridized carbons (Fsp3) is 0.235. The minimum Gasteiger partial charge on any atom is -0.469 e. The second-order valence-electron chi connectivity index (χ2n) is 4.61. The van der Waals surface area contributed by atoms with E-state index in [4.69, 9.17) is 4.74 Å². The van der Waals surface area contributed by atoms with Crippen LogP contribution in [0.15, 0.2) is 60.7 Å². The molecule has 0 saturated carbocycles. The molecule has 0 spiro atoms. The van der Waals surface area contributed by atoms with Gasteiger partial charge in [0.25, 0.3) is 0 Å². The molecule has 2 aromatic rings. The third-order valence-electron chi connectivity index (χ3n) is 3.20. The van der Waals surface area contributed by atoms with Gasteiger partial charge in [-0.05, 0) is 11.1 Å². The van der Waals surface area contributed by atoms with Crippen molar-refractivity contribution in [2.24, 2.45) is 0 Å². The Bertz CT molecular complexity index is 525. The molecule has 3 nitrogen and oxygen atoms in total. The SMILES string of the molecule is COC(=O)CC(NCc1ccccc1)c1ccccc1. The minimum absolute atomic E-state index is 0.0381. The second-order valence-corrected chi connectivity index (χ2v) is 4.61. The first-order chi connectivity index (χ1) is 9.79. The van der Waals surface area contributed by atoms with Crippen molar-refractivity contribution in [2.45, 2.75) is 19.0 Å². The molecular weight excluding hydrogens is 250 g/mol. The quantitative estimate of drug-likeness (QED) is 0.819. The summed E-state index contributed by atoms with van der Waals surface area (Å²) in [5.41, 5.74) is 2.28. The summed E-state index contributed by atoms with van der Waals surface area (Å²) in [6.07, 6.45) is 0.327. The molecule has 3 heteroatoms. The van der Waals surface area contributed by atoms with Gasteiger partial charge in [-0.2, -0.15) is 0 Å². The van der Waals surface area contributed by atoms with Crippen molar-refractivity contribution >= 4 is 5.97 Å². The van der Waals surface area contributed by atoms with Crippen molar-refractivity contribution in [1.82, 2.24) is 5.32 Å². The zero-order valence-electron chi connectivity index (χ0n) is 11.6. The number of esters is 1. The Kier molecular flexibility index (Phi) is 5.33. The van der Waals surface area contributed by atoms with Gasteiger partial charge in [-0.3, -0.25) is 4.79 Å². The van der Waals surface area contributed by atoms with Gasteiger partial charge in [-0.25, -0.2) is 0 Å². The lowest BCUT2D eigenvalue weighted by Crippen LogP contribution is -2.24. The van der Waals surface area contributed by atoms with Gasteiger partial charge >= 0.3 is 5.97 Å². The highest BCUT2D eigenvalue weighted by atomic mass is 16.5. The number of methoxy groups -OCH3 is 1. The van der Waals surface area contributed by atoms with Crippen LogP contribution in [0.3, 0.4) is 0 Å².